The van der Waals surface area contributed by atoms with E-state index in [0.717, 1.165) is 33.5 Å². The largest absolute Gasteiger partial charge is 0.296 e. The topological polar surface area (TPSA) is 20.3 Å². The molecule has 0 atom stereocenters. The maximum atomic E-state index is 13.8. The Morgan fingerprint density at radius 2 is 1.10 bits per heavy atom. The van der Waals surface area contributed by atoms with Crippen LogP contribution in [0.25, 0.3) is 11.6 Å². The van der Waals surface area contributed by atoms with E-state index in [0.29, 0.717) is 0 Å². The van der Waals surface area contributed by atoms with Gasteiger partial charge in [0.25, 0.3) is 5.91 Å². The minimum atomic E-state index is -0.192. The molecule has 0 unspecified atom stereocenters. The molecule has 1 aliphatic heterocycles. The number of rotatable bonds is 4. The Balaban J connectivity index is 1.69. The van der Waals surface area contributed by atoms with Crippen molar-refractivity contribution in [2.24, 2.45) is 0 Å². The van der Waals surface area contributed by atoms with Gasteiger partial charge in [0.05, 0.1) is 11.7 Å². The van der Waals surface area contributed by atoms with Gasteiger partial charge >= 0.3 is 0 Å². The van der Waals surface area contributed by atoms with Crippen LogP contribution >= 0.6 is 0 Å². The van der Waals surface area contributed by atoms with Crippen molar-refractivity contribution in [1.82, 2.24) is 0 Å². The van der Waals surface area contributed by atoms with Gasteiger partial charge in [-0.1, -0.05) is 109 Å². The Bertz CT molecular complexity index is 1160. The molecular formula is C28H21NO. The third kappa shape index (κ3) is 3.23. The van der Waals surface area contributed by atoms with Crippen LogP contribution < -0.4 is 4.90 Å². The molecule has 2 nitrogen and oxygen atoms in total. The summed E-state index contributed by atoms with van der Waals surface area (Å²) in [5.74, 6) is 0.0257. The zero-order valence-electron chi connectivity index (χ0n) is 16.5. The van der Waals surface area contributed by atoms with Gasteiger partial charge in [-0.05, 0) is 28.8 Å². The van der Waals surface area contributed by atoms with Gasteiger partial charge in [-0.2, -0.15) is 0 Å². The fourth-order valence-corrected chi connectivity index (χ4v) is 4.14. The van der Waals surface area contributed by atoms with Gasteiger partial charge < -0.3 is 0 Å². The zero-order chi connectivity index (χ0) is 20.3. The van der Waals surface area contributed by atoms with E-state index in [9.17, 15) is 4.79 Å². The smallest absolute Gasteiger partial charge is 0.259 e. The van der Waals surface area contributed by atoms with Crippen molar-refractivity contribution in [3.05, 3.63) is 138 Å². The summed E-state index contributed by atoms with van der Waals surface area (Å²) in [6, 6.07) is 38.4. The van der Waals surface area contributed by atoms with Crippen LogP contribution in [0.15, 0.2) is 115 Å². The molecule has 0 saturated heterocycles. The lowest BCUT2D eigenvalue weighted by molar-refractivity contribution is -0.113. The number of benzene rings is 4. The van der Waals surface area contributed by atoms with Crippen molar-refractivity contribution >= 4 is 23.2 Å². The van der Waals surface area contributed by atoms with Crippen molar-refractivity contribution in [3.63, 3.8) is 0 Å². The van der Waals surface area contributed by atoms with Gasteiger partial charge in [0.2, 0.25) is 0 Å². The molecule has 0 N–H and O–H groups in total. The maximum Gasteiger partial charge on any atom is 0.259 e. The lowest BCUT2D eigenvalue weighted by Gasteiger charge is -2.29. The van der Waals surface area contributed by atoms with Crippen LogP contribution in [-0.4, -0.2) is 5.91 Å². The first-order valence-corrected chi connectivity index (χ1v) is 10.1. The summed E-state index contributed by atoms with van der Waals surface area (Å²) in [5.41, 5.74) is 5.85. The highest BCUT2D eigenvalue weighted by molar-refractivity contribution is 6.36. The summed E-state index contributed by atoms with van der Waals surface area (Å²) in [5, 5.41) is 0. The van der Waals surface area contributed by atoms with Gasteiger partial charge in [-0.3, -0.25) is 9.69 Å². The second-order valence-corrected chi connectivity index (χ2v) is 7.38. The first-order chi connectivity index (χ1) is 14.8. The van der Waals surface area contributed by atoms with Crippen molar-refractivity contribution in [3.8, 4) is 0 Å². The number of hydrogen-bond acceptors (Lipinski definition) is 1. The van der Waals surface area contributed by atoms with Gasteiger partial charge in [0.1, 0.15) is 0 Å². The average molecular weight is 387 g/mol. The third-order valence-electron chi connectivity index (χ3n) is 5.50. The summed E-state index contributed by atoms with van der Waals surface area (Å²) >= 11 is 0. The number of nitrogens with zero attached hydrogens (tertiary/aromatic N) is 1. The molecule has 0 saturated carbocycles. The molecule has 144 valence electrons. The quantitative estimate of drug-likeness (QED) is 0.373. The van der Waals surface area contributed by atoms with E-state index in [-0.39, 0.29) is 11.9 Å². The molecular weight excluding hydrogens is 366 g/mol. The summed E-state index contributed by atoms with van der Waals surface area (Å²) in [7, 11) is 0. The summed E-state index contributed by atoms with van der Waals surface area (Å²) in [6.07, 6.45) is 1.99. The Morgan fingerprint density at radius 1 is 0.600 bits per heavy atom. The standard InChI is InChI=1S/C28H21NO/c30-28-25(20-21-12-4-1-5-13-21)24-18-10-11-19-26(24)29(28)27(22-14-6-2-7-15-22)23-16-8-3-9-17-23/h1-20,27H/b25-20+. The second kappa shape index (κ2) is 7.84. The minimum absolute atomic E-state index is 0.0257. The molecule has 0 spiro atoms. The number of carbonyl (C=O) groups excluding carboxylic acids is 1. The molecule has 5 rings (SSSR count). The van der Waals surface area contributed by atoms with Crippen LogP contribution in [0.1, 0.15) is 28.3 Å². The highest BCUT2D eigenvalue weighted by atomic mass is 16.2. The molecule has 4 aromatic rings. The molecule has 0 fully saturated rings. The molecule has 0 bridgehead atoms. The predicted octanol–water partition coefficient (Wildman–Crippen LogP) is 6.36. The van der Waals surface area contributed by atoms with Crippen LogP contribution in [0.3, 0.4) is 0 Å². The number of anilines is 1. The predicted molar refractivity (Wildman–Crippen MR) is 123 cm³/mol. The van der Waals surface area contributed by atoms with E-state index in [4.69, 9.17) is 0 Å². The maximum absolute atomic E-state index is 13.8. The summed E-state index contributed by atoms with van der Waals surface area (Å²) in [6.45, 7) is 0. The number of fused-ring (bicyclic) bond motifs is 1. The Labute approximate surface area is 176 Å². The fraction of sp³-hybridized carbons (Fsp3) is 0.0357. The van der Waals surface area contributed by atoms with E-state index < -0.39 is 0 Å². The van der Waals surface area contributed by atoms with Crippen molar-refractivity contribution in [2.75, 3.05) is 4.90 Å². The average Bonchev–Trinajstić information content (AvgIpc) is 3.08. The molecule has 0 radical (unpaired) electrons. The van der Waals surface area contributed by atoms with Gasteiger partial charge in [-0.25, -0.2) is 0 Å². The number of para-hydroxylation sites is 1. The van der Waals surface area contributed by atoms with Crippen LogP contribution in [0.2, 0.25) is 0 Å². The van der Waals surface area contributed by atoms with E-state index >= 15 is 0 Å². The minimum Gasteiger partial charge on any atom is -0.296 e. The summed E-state index contributed by atoms with van der Waals surface area (Å²) < 4.78 is 0. The molecule has 4 aromatic carbocycles. The molecule has 1 amide bonds. The second-order valence-electron chi connectivity index (χ2n) is 7.38. The van der Waals surface area contributed by atoms with Crippen molar-refractivity contribution < 1.29 is 4.79 Å². The SMILES string of the molecule is O=C1/C(=C/c2ccccc2)c2ccccc2N1C(c1ccccc1)c1ccccc1. The van der Waals surface area contributed by atoms with Crippen molar-refractivity contribution in [2.45, 2.75) is 6.04 Å². The molecule has 1 aliphatic rings. The van der Waals surface area contributed by atoms with Gasteiger partial charge in [0.15, 0.2) is 0 Å². The Morgan fingerprint density at radius 3 is 1.70 bits per heavy atom. The molecule has 30 heavy (non-hydrogen) atoms. The molecule has 2 heteroatoms. The first kappa shape index (κ1) is 18.1. The Hall–Kier alpha value is -3.91. The van der Waals surface area contributed by atoms with Gasteiger partial charge in [0, 0.05) is 11.1 Å². The van der Waals surface area contributed by atoms with E-state index in [1.807, 2.05) is 102 Å². The number of amides is 1. The molecule has 1 heterocycles. The highest BCUT2D eigenvalue weighted by Gasteiger charge is 2.38. The lowest BCUT2D eigenvalue weighted by Crippen LogP contribution is -2.32. The molecule has 0 aromatic heterocycles. The highest BCUT2D eigenvalue weighted by Crippen LogP contribution is 2.44. The normalized spacial score (nSPS) is 14.4. The summed E-state index contributed by atoms with van der Waals surface area (Å²) in [4.78, 5) is 15.8. The lowest BCUT2D eigenvalue weighted by atomic mass is 9.97. The number of hydrogen-bond donors (Lipinski definition) is 0. The van der Waals surface area contributed by atoms with Crippen molar-refractivity contribution in [1.29, 1.82) is 0 Å². The van der Waals surface area contributed by atoms with Gasteiger partial charge in [-0.15, -0.1) is 0 Å². The van der Waals surface area contributed by atoms with Crippen LogP contribution in [0.4, 0.5) is 5.69 Å². The first-order valence-electron chi connectivity index (χ1n) is 10.1. The molecule has 0 aliphatic carbocycles. The fourth-order valence-electron chi connectivity index (χ4n) is 4.14. The Kier molecular flexibility index (Phi) is 4.74. The van der Waals surface area contributed by atoms with Crippen LogP contribution in [0.5, 0.6) is 0 Å². The van der Waals surface area contributed by atoms with Crippen LogP contribution in [-0.2, 0) is 4.79 Å². The number of carbonyl (C=O) groups is 1. The monoisotopic (exact) mass is 387 g/mol. The zero-order valence-corrected chi connectivity index (χ0v) is 16.5. The van der Waals surface area contributed by atoms with E-state index in [1.165, 1.54) is 0 Å². The van der Waals surface area contributed by atoms with Crippen LogP contribution in [0, 0.1) is 0 Å². The van der Waals surface area contributed by atoms with E-state index in [2.05, 4.69) is 24.3 Å². The van der Waals surface area contributed by atoms with E-state index in [1.54, 1.807) is 0 Å². The third-order valence-corrected chi connectivity index (χ3v) is 5.50.